The average molecular weight is 235 g/mol. The molecule has 0 rings (SSSR count). The van der Waals surface area contributed by atoms with Gasteiger partial charge >= 0.3 is 0 Å². The summed E-state index contributed by atoms with van der Waals surface area (Å²) in [5.74, 6) is 1.71. The van der Waals surface area contributed by atoms with Gasteiger partial charge in [-0.2, -0.15) is 0 Å². The molecule has 0 aromatic heterocycles. The van der Waals surface area contributed by atoms with Crippen molar-refractivity contribution in [3.63, 3.8) is 0 Å². The van der Waals surface area contributed by atoms with Crippen molar-refractivity contribution < 1.29 is 0 Å². The van der Waals surface area contributed by atoms with Gasteiger partial charge in [-0.15, -0.1) is 0 Å². The lowest BCUT2D eigenvalue weighted by Gasteiger charge is -2.12. The Labute approximate surface area is 108 Å². The monoisotopic (exact) mass is 235 g/mol. The second-order valence-corrected chi connectivity index (χ2v) is 5.71. The molecular weight excluding hydrogens is 206 g/mol. The van der Waals surface area contributed by atoms with Crippen LogP contribution in [-0.4, -0.2) is 6.54 Å². The Morgan fingerprint density at radius 2 is 1.76 bits per heavy atom. The maximum absolute atomic E-state index is 6.73. The number of nitrogens with zero attached hydrogens (tertiary/aromatic N) is 1. The minimum absolute atomic E-state index is 0.551. The largest absolute Gasteiger partial charge is 0.312 e. The zero-order valence-corrected chi connectivity index (χ0v) is 12.1. The van der Waals surface area contributed by atoms with E-state index in [1.54, 1.807) is 0 Å². The van der Waals surface area contributed by atoms with Gasteiger partial charge < -0.3 is 4.85 Å². The predicted octanol–water partition coefficient (Wildman–Crippen LogP) is 5.48. The second-order valence-electron chi connectivity index (χ2n) is 5.71. The fraction of sp³-hybridized carbons (Fsp3) is 0.812. The summed E-state index contributed by atoms with van der Waals surface area (Å²) in [6, 6.07) is 0. The standard InChI is InChI=1S/C16H29N/c1-14(2)8-6-9-15(3)10-7-11-16(4)12-13-17-5/h12,14-15H,6-11,13H2,1-4H3/b16-12+. The first-order valence-electron chi connectivity index (χ1n) is 7.05. The van der Waals surface area contributed by atoms with Gasteiger partial charge in [0.1, 0.15) is 0 Å². The van der Waals surface area contributed by atoms with Gasteiger partial charge in [-0.25, -0.2) is 6.57 Å². The molecule has 0 bridgehead atoms. The summed E-state index contributed by atoms with van der Waals surface area (Å²) in [6.07, 6.45) is 9.98. The SMILES string of the molecule is [C-]#[N+]C/C=C(\C)CCCC(C)CCCC(C)C. The molecule has 0 aromatic carbocycles. The topological polar surface area (TPSA) is 4.36 Å². The van der Waals surface area contributed by atoms with E-state index in [1.807, 2.05) is 0 Å². The van der Waals surface area contributed by atoms with Crippen LogP contribution < -0.4 is 0 Å². The van der Waals surface area contributed by atoms with Crippen LogP contribution in [0, 0.1) is 18.4 Å². The van der Waals surface area contributed by atoms with E-state index in [-0.39, 0.29) is 0 Å². The normalized spacial score (nSPS) is 13.8. The van der Waals surface area contributed by atoms with Gasteiger partial charge in [0.2, 0.25) is 6.54 Å². The third kappa shape index (κ3) is 11.5. The summed E-state index contributed by atoms with van der Waals surface area (Å²) < 4.78 is 0. The summed E-state index contributed by atoms with van der Waals surface area (Å²) in [5.41, 5.74) is 1.38. The van der Waals surface area contributed by atoms with Crippen LogP contribution in [0.25, 0.3) is 4.85 Å². The fourth-order valence-corrected chi connectivity index (χ4v) is 2.05. The molecular formula is C16H29N. The van der Waals surface area contributed by atoms with Crippen molar-refractivity contribution in [3.05, 3.63) is 23.1 Å². The molecule has 1 unspecified atom stereocenters. The third-order valence-corrected chi connectivity index (χ3v) is 3.28. The lowest BCUT2D eigenvalue weighted by Crippen LogP contribution is -1.97. The second kappa shape index (κ2) is 10.4. The summed E-state index contributed by atoms with van der Waals surface area (Å²) in [5, 5.41) is 0. The van der Waals surface area contributed by atoms with Crippen LogP contribution in [0.5, 0.6) is 0 Å². The molecule has 0 saturated heterocycles. The van der Waals surface area contributed by atoms with Crippen LogP contribution in [0.3, 0.4) is 0 Å². The molecule has 0 N–H and O–H groups in total. The Morgan fingerprint density at radius 1 is 1.12 bits per heavy atom. The molecule has 0 spiro atoms. The average Bonchev–Trinajstić information content (AvgIpc) is 2.25. The molecule has 0 radical (unpaired) electrons. The highest BCUT2D eigenvalue weighted by molar-refractivity contribution is 5.01. The zero-order valence-electron chi connectivity index (χ0n) is 12.1. The molecule has 1 nitrogen and oxygen atoms in total. The van der Waals surface area contributed by atoms with Crippen LogP contribution in [0.1, 0.15) is 66.2 Å². The molecule has 0 amide bonds. The highest BCUT2D eigenvalue weighted by Gasteiger charge is 2.03. The van der Waals surface area contributed by atoms with Gasteiger partial charge in [0.05, 0.1) is 0 Å². The number of hydrogen-bond acceptors (Lipinski definition) is 0. The first-order chi connectivity index (χ1) is 8.06. The van der Waals surface area contributed by atoms with Crippen LogP contribution in [0.2, 0.25) is 0 Å². The molecule has 0 heterocycles. The van der Waals surface area contributed by atoms with E-state index in [0.717, 1.165) is 11.8 Å². The Bertz CT molecular complexity index is 245. The molecule has 0 aliphatic heterocycles. The highest BCUT2D eigenvalue weighted by atomic mass is 14.6. The number of rotatable bonds is 9. The molecule has 0 aliphatic carbocycles. The first kappa shape index (κ1) is 16.2. The van der Waals surface area contributed by atoms with Crippen molar-refractivity contribution in [1.29, 1.82) is 0 Å². The number of hydrogen-bond donors (Lipinski definition) is 0. The Kier molecular flexibility index (Phi) is 9.92. The van der Waals surface area contributed by atoms with Crippen molar-refractivity contribution >= 4 is 0 Å². The van der Waals surface area contributed by atoms with Crippen molar-refractivity contribution in [3.8, 4) is 0 Å². The summed E-state index contributed by atoms with van der Waals surface area (Å²) in [4.78, 5) is 3.35. The minimum atomic E-state index is 0.551. The van der Waals surface area contributed by atoms with E-state index in [2.05, 4.69) is 38.6 Å². The molecule has 1 atom stereocenters. The van der Waals surface area contributed by atoms with Gasteiger partial charge in [0.25, 0.3) is 0 Å². The lowest BCUT2D eigenvalue weighted by molar-refractivity contribution is 0.427. The molecule has 0 fully saturated rings. The maximum atomic E-state index is 6.73. The maximum Gasteiger partial charge on any atom is 0.233 e. The van der Waals surface area contributed by atoms with Crippen molar-refractivity contribution in [2.45, 2.75) is 66.2 Å². The van der Waals surface area contributed by atoms with Gasteiger partial charge in [-0.05, 0) is 37.7 Å². The van der Waals surface area contributed by atoms with Gasteiger partial charge in [0, 0.05) is 0 Å². The predicted molar refractivity (Wildman–Crippen MR) is 76.9 cm³/mol. The van der Waals surface area contributed by atoms with E-state index in [9.17, 15) is 0 Å². The Hall–Kier alpha value is -0.770. The van der Waals surface area contributed by atoms with Crippen LogP contribution in [-0.2, 0) is 0 Å². The van der Waals surface area contributed by atoms with E-state index < -0.39 is 0 Å². The molecule has 0 saturated carbocycles. The zero-order chi connectivity index (χ0) is 13.1. The number of allylic oxidation sites excluding steroid dienone is 1. The van der Waals surface area contributed by atoms with Crippen molar-refractivity contribution in [2.75, 3.05) is 6.54 Å². The fourth-order valence-electron chi connectivity index (χ4n) is 2.05. The third-order valence-electron chi connectivity index (χ3n) is 3.28. The van der Waals surface area contributed by atoms with E-state index in [0.29, 0.717) is 6.54 Å². The quantitative estimate of drug-likeness (QED) is 0.368. The smallest absolute Gasteiger partial charge is 0.233 e. The molecule has 0 aromatic rings. The Balaban J connectivity index is 3.51. The highest BCUT2D eigenvalue weighted by Crippen LogP contribution is 2.18. The minimum Gasteiger partial charge on any atom is -0.312 e. The van der Waals surface area contributed by atoms with Gasteiger partial charge in [-0.3, -0.25) is 0 Å². The molecule has 1 heteroatoms. The van der Waals surface area contributed by atoms with E-state index in [4.69, 9.17) is 6.57 Å². The van der Waals surface area contributed by atoms with Crippen LogP contribution in [0.4, 0.5) is 0 Å². The van der Waals surface area contributed by atoms with E-state index in [1.165, 1.54) is 44.1 Å². The van der Waals surface area contributed by atoms with Crippen molar-refractivity contribution in [1.82, 2.24) is 0 Å². The lowest BCUT2D eigenvalue weighted by atomic mass is 9.94. The summed E-state index contributed by atoms with van der Waals surface area (Å²) >= 11 is 0. The van der Waals surface area contributed by atoms with Gasteiger partial charge in [-0.1, -0.05) is 52.0 Å². The van der Waals surface area contributed by atoms with Crippen LogP contribution >= 0.6 is 0 Å². The van der Waals surface area contributed by atoms with Crippen LogP contribution in [0.15, 0.2) is 11.6 Å². The molecule has 0 aliphatic rings. The van der Waals surface area contributed by atoms with Crippen molar-refractivity contribution in [2.24, 2.45) is 11.8 Å². The molecule has 17 heavy (non-hydrogen) atoms. The summed E-state index contributed by atoms with van der Waals surface area (Å²) in [6.45, 7) is 16.4. The van der Waals surface area contributed by atoms with E-state index >= 15 is 0 Å². The first-order valence-corrected chi connectivity index (χ1v) is 7.05. The summed E-state index contributed by atoms with van der Waals surface area (Å²) in [7, 11) is 0. The van der Waals surface area contributed by atoms with Gasteiger partial charge in [0.15, 0.2) is 0 Å². The Morgan fingerprint density at radius 3 is 2.35 bits per heavy atom. The molecule has 98 valence electrons.